The van der Waals surface area contributed by atoms with E-state index in [1.54, 1.807) is 0 Å². The number of unbranched alkanes of at least 4 members (excludes halogenated alkanes) is 1. The van der Waals surface area contributed by atoms with E-state index in [0.717, 1.165) is 44.9 Å². The van der Waals surface area contributed by atoms with Crippen molar-refractivity contribution in [3.63, 3.8) is 0 Å². The van der Waals surface area contributed by atoms with E-state index in [4.69, 9.17) is 4.74 Å². The SMILES string of the molecule is CCCCc1ccc(C(=O)O[C@H]2CC[C@@](C#N)(CCC)CC2)cc1. The molecule has 0 unspecified atom stereocenters. The highest BCUT2D eigenvalue weighted by molar-refractivity contribution is 5.89. The average molecular weight is 327 g/mol. The second kappa shape index (κ2) is 8.87. The summed E-state index contributed by atoms with van der Waals surface area (Å²) in [5.74, 6) is -0.234. The van der Waals surface area contributed by atoms with Crippen molar-refractivity contribution in [3.8, 4) is 6.07 Å². The van der Waals surface area contributed by atoms with Gasteiger partial charge in [-0.15, -0.1) is 0 Å². The molecule has 0 aliphatic heterocycles. The first-order valence-electron chi connectivity index (χ1n) is 9.33. The molecule has 3 heteroatoms. The van der Waals surface area contributed by atoms with Crippen LogP contribution in [0.3, 0.4) is 0 Å². The molecule has 1 saturated carbocycles. The number of hydrogen-bond donors (Lipinski definition) is 0. The highest BCUT2D eigenvalue weighted by atomic mass is 16.5. The van der Waals surface area contributed by atoms with Gasteiger partial charge in [-0.25, -0.2) is 4.79 Å². The summed E-state index contributed by atoms with van der Waals surface area (Å²) in [6, 6.07) is 10.3. The third-order valence-corrected chi connectivity index (χ3v) is 5.14. The molecular formula is C21H29NO2. The van der Waals surface area contributed by atoms with Gasteiger partial charge in [0.15, 0.2) is 0 Å². The maximum atomic E-state index is 12.3. The van der Waals surface area contributed by atoms with Crippen LogP contribution in [-0.2, 0) is 11.2 Å². The molecule has 1 aromatic rings. The Morgan fingerprint density at radius 3 is 2.42 bits per heavy atom. The summed E-state index contributed by atoms with van der Waals surface area (Å²) in [5.41, 5.74) is 1.70. The van der Waals surface area contributed by atoms with Gasteiger partial charge in [-0.2, -0.15) is 5.26 Å². The van der Waals surface area contributed by atoms with E-state index in [2.05, 4.69) is 19.9 Å². The highest BCUT2D eigenvalue weighted by Gasteiger charge is 2.36. The number of hydrogen-bond acceptors (Lipinski definition) is 3. The second-order valence-electron chi connectivity index (χ2n) is 7.05. The van der Waals surface area contributed by atoms with E-state index < -0.39 is 0 Å². The zero-order chi connectivity index (χ0) is 17.4. The van der Waals surface area contributed by atoms with Crippen LogP contribution in [0.25, 0.3) is 0 Å². The van der Waals surface area contributed by atoms with Gasteiger partial charge in [-0.1, -0.05) is 38.8 Å². The van der Waals surface area contributed by atoms with Crippen molar-refractivity contribution in [2.24, 2.45) is 5.41 Å². The third-order valence-electron chi connectivity index (χ3n) is 5.14. The molecule has 0 radical (unpaired) electrons. The molecule has 0 spiro atoms. The maximum Gasteiger partial charge on any atom is 0.338 e. The van der Waals surface area contributed by atoms with E-state index in [1.165, 1.54) is 18.4 Å². The average Bonchev–Trinajstić information content (AvgIpc) is 2.62. The van der Waals surface area contributed by atoms with E-state index in [9.17, 15) is 10.1 Å². The van der Waals surface area contributed by atoms with E-state index in [1.807, 2.05) is 24.3 Å². The monoisotopic (exact) mass is 327 g/mol. The minimum Gasteiger partial charge on any atom is -0.459 e. The Balaban J connectivity index is 1.86. The number of nitriles is 1. The standard InChI is InChI=1S/C21H29NO2/c1-3-5-6-17-7-9-18(10-8-17)20(23)24-19-11-14-21(16-22,13-4-2)15-12-19/h7-10,19H,3-6,11-15H2,1-2H3/t19-,21-. The zero-order valence-electron chi connectivity index (χ0n) is 15.0. The smallest absolute Gasteiger partial charge is 0.338 e. The maximum absolute atomic E-state index is 12.3. The summed E-state index contributed by atoms with van der Waals surface area (Å²) in [6.45, 7) is 4.30. The lowest BCUT2D eigenvalue weighted by molar-refractivity contribution is 0.0106. The molecule has 3 nitrogen and oxygen atoms in total. The summed E-state index contributed by atoms with van der Waals surface area (Å²) < 4.78 is 5.67. The van der Waals surface area contributed by atoms with Gasteiger partial charge in [0, 0.05) is 0 Å². The molecule has 24 heavy (non-hydrogen) atoms. The second-order valence-corrected chi connectivity index (χ2v) is 7.05. The molecule has 0 aromatic heterocycles. The fourth-order valence-corrected chi connectivity index (χ4v) is 3.57. The predicted molar refractivity (Wildman–Crippen MR) is 95.7 cm³/mol. The number of nitrogens with zero attached hydrogens (tertiary/aromatic N) is 1. The van der Waals surface area contributed by atoms with Crippen LogP contribution < -0.4 is 0 Å². The Kier molecular flexibility index (Phi) is 6.85. The van der Waals surface area contributed by atoms with E-state index in [0.29, 0.717) is 5.56 Å². The zero-order valence-corrected chi connectivity index (χ0v) is 15.0. The number of carbonyl (C=O) groups is 1. The van der Waals surface area contributed by atoms with Gasteiger partial charge in [0.2, 0.25) is 0 Å². The molecule has 0 N–H and O–H groups in total. The van der Waals surface area contributed by atoms with Crippen LogP contribution in [0.2, 0.25) is 0 Å². The predicted octanol–water partition coefficient (Wildman–Crippen LogP) is 5.44. The lowest BCUT2D eigenvalue weighted by Gasteiger charge is -2.34. The Morgan fingerprint density at radius 1 is 1.21 bits per heavy atom. The van der Waals surface area contributed by atoms with Crippen LogP contribution in [0.5, 0.6) is 0 Å². The number of carbonyl (C=O) groups excluding carboxylic acids is 1. The summed E-state index contributed by atoms with van der Waals surface area (Å²) in [5, 5.41) is 9.45. The lowest BCUT2D eigenvalue weighted by atomic mass is 9.71. The van der Waals surface area contributed by atoms with Gasteiger partial charge in [-0.3, -0.25) is 0 Å². The summed E-state index contributed by atoms with van der Waals surface area (Å²) in [7, 11) is 0. The fraction of sp³-hybridized carbons (Fsp3) is 0.619. The first-order valence-corrected chi connectivity index (χ1v) is 9.33. The molecule has 1 aliphatic carbocycles. The van der Waals surface area contributed by atoms with Gasteiger partial charge >= 0.3 is 5.97 Å². The molecule has 2 rings (SSSR count). The number of ether oxygens (including phenoxy) is 1. The molecule has 0 saturated heterocycles. The van der Waals surface area contributed by atoms with Crippen molar-refractivity contribution in [1.82, 2.24) is 0 Å². The van der Waals surface area contributed by atoms with Crippen LogP contribution in [0.15, 0.2) is 24.3 Å². The Hall–Kier alpha value is -1.82. The molecular weight excluding hydrogens is 298 g/mol. The van der Waals surface area contributed by atoms with Crippen LogP contribution in [0, 0.1) is 16.7 Å². The molecule has 1 fully saturated rings. The topological polar surface area (TPSA) is 50.1 Å². The Labute approximate surface area is 146 Å². The van der Waals surface area contributed by atoms with Crippen LogP contribution in [0.4, 0.5) is 0 Å². The highest BCUT2D eigenvalue weighted by Crippen LogP contribution is 2.40. The minimum absolute atomic E-state index is 0.0457. The number of esters is 1. The van der Waals surface area contributed by atoms with Crippen LogP contribution >= 0.6 is 0 Å². The van der Waals surface area contributed by atoms with E-state index >= 15 is 0 Å². The lowest BCUT2D eigenvalue weighted by Crippen LogP contribution is -2.31. The Bertz CT molecular complexity index is 562. The van der Waals surface area contributed by atoms with Crippen molar-refractivity contribution in [3.05, 3.63) is 35.4 Å². The first-order chi connectivity index (χ1) is 11.6. The summed E-state index contributed by atoms with van der Waals surface area (Å²) in [6.07, 6.45) is 8.61. The number of rotatable bonds is 7. The molecule has 0 bridgehead atoms. The molecule has 0 heterocycles. The van der Waals surface area contributed by atoms with Gasteiger partial charge in [-0.05, 0) is 62.6 Å². The quantitative estimate of drug-likeness (QED) is 0.627. The molecule has 0 amide bonds. The third kappa shape index (κ3) is 4.84. The van der Waals surface area contributed by atoms with Crippen molar-refractivity contribution in [2.75, 3.05) is 0 Å². The van der Waals surface area contributed by atoms with Gasteiger partial charge in [0.25, 0.3) is 0 Å². The largest absolute Gasteiger partial charge is 0.459 e. The van der Waals surface area contributed by atoms with Gasteiger partial charge in [0.05, 0.1) is 17.0 Å². The normalized spacial score (nSPS) is 23.5. The van der Waals surface area contributed by atoms with Crippen LogP contribution in [-0.4, -0.2) is 12.1 Å². The Morgan fingerprint density at radius 2 is 1.88 bits per heavy atom. The van der Waals surface area contributed by atoms with Gasteiger partial charge in [0.1, 0.15) is 6.10 Å². The van der Waals surface area contributed by atoms with Crippen molar-refractivity contribution in [1.29, 1.82) is 5.26 Å². The molecule has 0 atom stereocenters. The molecule has 1 aliphatic rings. The summed E-state index contributed by atoms with van der Waals surface area (Å²) in [4.78, 5) is 12.3. The first kappa shape index (κ1) is 18.5. The van der Waals surface area contributed by atoms with Crippen molar-refractivity contribution < 1.29 is 9.53 Å². The van der Waals surface area contributed by atoms with Gasteiger partial charge < -0.3 is 4.74 Å². The number of benzene rings is 1. The minimum atomic E-state index is -0.234. The van der Waals surface area contributed by atoms with Crippen molar-refractivity contribution >= 4 is 5.97 Å². The molecule has 1 aromatic carbocycles. The molecule has 130 valence electrons. The fourth-order valence-electron chi connectivity index (χ4n) is 3.57. The van der Waals surface area contributed by atoms with Crippen molar-refractivity contribution in [2.45, 2.75) is 77.7 Å². The summed E-state index contributed by atoms with van der Waals surface area (Å²) >= 11 is 0. The van der Waals surface area contributed by atoms with E-state index in [-0.39, 0.29) is 17.5 Å². The number of aryl methyl sites for hydroxylation is 1. The van der Waals surface area contributed by atoms with Crippen LogP contribution in [0.1, 0.15) is 81.1 Å².